The van der Waals surface area contributed by atoms with Crippen LogP contribution < -0.4 is 5.73 Å². The van der Waals surface area contributed by atoms with E-state index in [1.54, 1.807) is 6.20 Å². The van der Waals surface area contributed by atoms with Crippen molar-refractivity contribution >= 4 is 0 Å². The molecule has 3 nitrogen and oxygen atoms in total. The second kappa shape index (κ2) is 4.94. The summed E-state index contributed by atoms with van der Waals surface area (Å²) in [6.45, 7) is 0.590. The molecule has 0 fully saturated rings. The Kier molecular flexibility index (Phi) is 3.15. The maximum absolute atomic E-state index is 5.91. The van der Waals surface area contributed by atoms with Crippen molar-refractivity contribution < 1.29 is 0 Å². The fraction of sp³-hybridized carbons (Fsp3) is 0.400. The lowest BCUT2D eigenvalue weighted by Crippen LogP contribution is -2.16. The normalized spacial score (nSPS) is 16.3. The van der Waals surface area contributed by atoms with Crippen molar-refractivity contribution in [1.29, 1.82) is 0 Å². The summed E-state index contributed by atoms with van der Waals surface area (Å²) in [5.41, 5.74) is 10.2. The lowest BCUT2D eigenvalue weighted by molar-refractivity contribution is 0.680. The Hall–Kier alpha value is -1.61. The quantitative estimate of drug-likeness (QED) is 0.867. The Morgan fingerprint density at radius 1 is 1.22 bits per heavy atom. The monoisotopic (exact) mass is 241 g/mol. The first-order chi connectivity index (χ1) is 8.88. The Morgan fingerprint density at radius 2 is 2.06 bits per heavy atom. The summed E-state index contributed by atoms with van der Waals surface area (Å²) < 4.78 is 0. The van der Waals surface area contributed by atoms with Gasteiger partial charge in [0, 0.05) is 18.9 Å². The largest absolute Gasteiger partial charge is 0.348 e. The maximum atomic E-state index is 5.91. The van der Waals surface area contributed by atoms with E-state index in [2.05, 4.69) is 28.2 Å². The van der Waals surface area contributed by atoms with Gasteiger partial charge in [-0.1, -0.05) is 18.2 Å². The summed E-state index contributed by atoms with van der Waals surface area (Å²) in [7, 11) is 0. The molecule has 94 valence electrons. The zero-order valence-corrected chi connectivity index (χ0v) is 10.5. The number of nitrogens with one attached hydrogen (secondary N) is 1. The number of hydrogen-bond donors (Lipinski definition) is 2. The molecule has 1 aliphatic carbocycles. The predicted molar refractivity (Wildman–Crippen MR) is 72.6 cm³/mol. The lowest BCUT2D eigenvalue weighted by atomic mass is 9.87. The van der Waals surface area contributed by atoms with E-state index in [0.29, 0.717) is 6.54 Å². The van der Waals surface area contributed by atoms with Gasteiger partial charge in [-0.2, -0.15) is 0 Å². The average molecular weight is 241 g/mol. The molecule has 0 radical (unpaired) electrons. The number of rotatable bonds is 3. The molecular weight excluding hydrogens is 222 g/mol. The van der Waals surface area contributed by atoms with Crippen molar-refractivity contribution in [1.82, 2.24) is 9.97 Å². The van der Waals surface area contributed by atoms with Gasteiger partial charge in [0.1, 0.15) is 5.82 Å². The van der Waals surface area contributed by atoms with Crippen molar-refractivity contribution in [3.05, 3.63) is 53.1 Å². The molecule has 0 saturated heterocycles. The van der Waals surface area contributed by atoms with Gasteiger partial charge in [0.15, 0.2) is 0 Å². The third-order valence-corrected chi connectivity index (χ3v) is 3.86. The number of aromatic amines is 1. The van der Waals surface area contributed by atoms with Gasteiger partial charge in [0.25, 0.3) is 0 Å². The van der Waals surface area contributed by atoms with Crippen LogP contribution in [-0.4, -0.2) is 16.5 Å². The maximum Gasteiger partial charge on any atom is 0.114 e. The first kappa shape index (κ1) is 11.5. The summed E-state index contributed by atoms with van der Waals surface area (Å²) in [6.07, 6.45) is 8.71. The minimum atomic E-state index is 0.187. The number of fused-ring (bicyclic) bond motifs is 1. The molecule has 1 heterocycles. The molecule has 18 heavy (non-hydrogen) atoms. The molecule has 2 aromatic rings. The molecule has 1 aliphatic rings. The van der Waals surface area contributed by atoms with Crippen LogP contribution in [0.2, 0.25) is 0 Å². The number of nitrogens with two attached hydrogens (primary N) is 1. The molecule has 1 atom stereocenters. The summed E-state index contributed by atoms with van der Waals surface area (Å²) in [6, 6.07) is 6.81. The molecular formula is C15H19N3. The fourth-order valence-electron chi connectivity index (χ4n) is 2.84. The van der Waals surface area contributed by atoms with Crippen molar-refractivity contribution in [2.75, 3.05) is 6.54 Å². The number of imidazole rings is 1. The van der Waals surface area contributed by atoms with Crippen LogP contribution in [0, 0.1) is 0 Å². The number of aromatic nitrogens is 2. The molecule has 0 aliphatic heterocycles. The molecule has 3 heteroatoms. The first-order valence-electron chi connectivity index (χ1n) is 6.69. The van der Waals surface area contributed by atoms with Crippen LogP contribution in [0.4, 0.5) is 0 Å². The third kappa shape index (κ3) is 2.06. The summed E-state index contributed by atoms with van der Waals surface area (Å²) in [5, 5.41) is 0. The van der Waals surface area contributed by atoms with Gasteiger partial charge in [0.05, 0.1) is 5.92 Å². The van der Waals surface area contributed by atoms with Gasteiger partial charge in [-0.25, -0.2) is 4.98 Å². The number of nitrogens with zero attached hydrogens (tertiary/aromatic N) is 1. The molecule has 1 aromatic carbocycles. The van der Waals surface area contributed by atoms with Gasteiger partial charge in [0.2, 0.25) is 0 Å². The second-order valence-corrected chi connectivity index (χ2v) is 5.00. The molecule has 0 spiro atoms. The summed E-state index contributed by atoms with van der Waals surface area (Å²) in [4.78, 5) is 7.52. The Labute approximate surface area is 107 Å². The average Bonchev–Trinajstić information content (AvgIpc) is 2.93. The van der Waals surface area contributed by atoms with Gasteiger partial charge in [-0.05, 0) is 42.4 Å². The molecule has 3 rings (SSSR count). The molecule has 3 N–H and O–H groups in total. The predicted octanol–water partition coefficient (Wildman–Crippen LogP) is 2.38. The van der Waals surface area contributed by atoms with Gasteiger partial charge in [-0.3, -0.25) is 0 Å². The van der Waals surface area contributed by atoms with E-state index in [1.807, 2.05) is 6.20 Å². The van der Waals surface area contributed by atoms with E-state index >= 15 is 0 Å². The molecule has 1 aromatic heterocycles. The number of benzene rings is 1. The van der Waals surface area contributed by atoms with E-state index in [0.717, 1.165) is 5.82 Å². The van der Waals surface area contributed by atoms with E-state index in [4.69, 9.17) is 5.73 Å². The zero-order valence-electron chi connectivity index (χ0n) is 10.5. The van der Waals surface area contributed by atoms with Crippen molar-refractivity contribution in [3.63, 3.8) is 0 Å². The second-order valence-electron chi connectivity index (χ2n) is 5.00. The van der Waals surface area contributed by atoms with Crippen molar-refractivity contribution in [2.24, 2.45) is 5.73 Å². The lowest BCUT2D eigenvalue weighted by Gasteiger charge is -2.19. The summed E-state index contributed by atoms with van der Waals surface area (Å²) >= 11 is 0. The van der Waals surface area contributed by atoms with E-state index in [9.17, 15) is 0 Å². The standard InChI is InChI=1S/C15H19N3/c16-10-14(15-17-7-8-18-15)13-6-5-11-3-1-2-4-12(11)9-13/h5-9,14H,1-4,10,16H2,(H,17,18). The Morgan fingerprint density at radius 3 is 2.78 bits per heavy atom. The van der Waals surface area contributed by atoms with Crippen molar-refractivity contribution in [3.8, 4) is 0 Å². The van der Waals surface area contributed by atoms with Crippen LogP contribution in [0.3, 0.4) is 0 Å². The van der Waals surface area contributed by atoms with Crippen LogP contribution >= 0.6 is 0 Å². The van der Waals surface area contributed by atoms with Crippen LogP contribution in [0.5, 0.6) is 0 Å². The van der Waals surface area contributed by atoms with Crippen LogP contribution in [-0.2, 0) is 12.8 Å². The Bertz CT molecular complexity index is 517. The van der Waals surface area contributed by atoms with Gasteiger partial charge >= 0.3 is 0 Å². The highest BCUT2D eigenvalue weighted by atomic mass is 14.9. The minimum Gasteiger partial charge on any atom is -0.348 e. The topological polar surface area (TPSA) is 54.7 Å². The minimum absolute atomic E-state index is 0.187. The zero-order chi connectivity index (χ0) is 12.4. The highest BCUT2D eigenvalue weighted by molar-refractivity contribution is 5.37. The van der Waals surface area contributed by atoms with Crippen LogP contribution in [0.1, 0.15) is 41.3 Å². The van der Waals surface area contributed by atoms with Gasteiger partial charge < -0.3 is 10.7 Å². The van der Waals surface area contributed by atoms with E-state index in [-0.39, 0.29) is 5.92 Å². The molecule has 0 saturated carbocycles. The highest BCUT2D eigenvalue weighted by Crippen LogP contribution is 2.27. The smallest absolute Gasteiger partial charge is 0.114 e. The molecule has 1 unspecified atom stereocenters. The molecule has 0 amide bonds. The number of aryl methyl sites for hydroxylation is 2. The molecule has 0 bridgehead atoms. The van der Waals surface area contributed by atoms with Crippen LogP contribution in [0.15, 0.2) is 30.6 Å². The van der Waals surface area contributed by atoms with E-state index in [1.165, 1.54) is 42.4 Å². The first-order valence-corrected chi connectivity index (χ1v) is 6.69. The van der Waals surface area contributed by atoms with Crippen molar-refractivity contribution in [2.45, 2.75) is 31.6 Å². The van der Waals surface area contributed by atoms with Crippen LogP contribution in [0.25, 0.3) is 0 Å². The Balaban J connectivity index is 1.95. The van der Waals surface area contributed by atoms with E-state index < -0.39 is 0 Å². The highest BCUT2D eigenvalue weighted by Gasteiger charge is 2.17. The van der Waals surface area contributed by atoms with Gasteiger partial charge in [-0.15, -0.1) is 0 Å². The SMILES string of the molecule is NCC(c1ccc2c(c1)CCCC2)c1ncc[nH]1. The number of hydrogen-bond acceptors (Lipinski definition) is 2. The third-order valence-electron chi connectivity index (χ3n) is 3.86. The number of H-pyrrole nitrogens is 1. The fourth-order valence-corrected chi connectivity index (χ4v) is 2.84. The summed E-state index contributed by atoms with van der Waals surface area (Å²) in [5.74, 6) is 1.15.